The van der Waals surface area contributed by atoms with E-state index in [0.717, 1.165) is 29.5 Å². The molecule has 2 rings (SSSR count). The summed E-state index contributed by atoms with van der Waals surface area (Å²) in [6, 6.07) is 5.92. The highest BCUT2D eigenvalue weighted by molar-refractivity contribution is 5.95. The lowest BCUT2D eigenvalue weighted by Gasteiger charge is -2.39. The lowest BCUT2D eigenvalue weighted by molar-refractivity contribution is -0.130. The SMILES string of the molecule is CCCC1(C(N)=O)CCN(C(=O)c2cc(C)cc(C)c2)CC1. The Morgan fingerprint density at radius 3 is 2.14 bits per heavy atom. The van der Waals surface area contributed by atoms with Crippen molar-refractivity contribution in [1.82, 2.24) is 4.90 Å². The van der Waals surface area contributed by atoms with E-state index in [9.17, 15) is 9.59 Å². The van der Waals surface area contributed by atoms with Gasteiger partial charge in [-0.05, 0) is 45.2 Å². The molecule has 1 aliphatic rings. The molecule has 4 heteroatoms. The second kappa shape index (κ2) is 6.51. The molecule has 1 aromatic rings. The predicted molar refractivity (Wildman–Crippen MR) is 87.6 cm³/mol. The maximum absolute atomic E-state index is 12.7. The van der Waals surface area contributed by atoms with Gasteiger partial charge < -0.3 is 10.6 Å². The molecule has 0 radical (unpaired) electrons. The monoisotopic (exact) mass is 302 g/mol. The van der Waals surface area contributed by atoms with Gasteiger partial charge in [0.25, 0.3) is 5.91 Å². The number of likely N-dealkylation sites (tertiary alicyclic amines) is 1. The van der Waals surface area contributed by atoms with Crippen LogP contribution in [0.15, 0.2) is 18.2 Å². The number of piperidine rings is 1. The molecule has 0 aliphatic carbocycles. The largest absolute Gasteiger partial charge is 0.369 e. The van der Waals surface area contributed by atoms with Crippen molar-refractivity contribution in [3.05, 3.63) is 34.9 Å². The highest BCUT2D eigenvalue weighted by atomic mass is 16.2. The number of nitrogens with zero attached hydrogens (tertiary/aromatic N) is 1. The highest BCUT2D eigenvalue weighted by Gasteiger charge is 2.40. The van der Waals surface area contributed by atoms with Gasteiger partial charge in [-0.1, -0.05) is 30.5 Å². The van der Waals surface area contributed by atoms with Gasteiger partial charge in [0.05, 0.1) is 5.41 Å². The van der Waals surface area contributed by atoms with Gasteiger partial charge in [0, 0.05) is 18.7 Å². The summed E-state index contributed by atoms with van der Waals surface area (Å²) in [6.45, 7) is 7.28. The van der Waals surface area contributed by atoms with E-state index < -0.39 is 5.41 Å². The van der Waals surface area contributed by atoms with Crippen molar-refractivity contribution < 1.29 is 9.59 Å². The number of carbonyl (C=O) groups is 2. The van der Waals surface area contributed by atoms with Crippen molar-refractivity contribution in [3.63, 3.8) is 0 Å². The van der Waals surface area contributed by atoms with Crippen molar-refractivity contribution in [2.45, 2.75) is 46.5 Å². The fourth-order valence-corrected chi connectivity index (χ4v) is 3.52. The molecule has 0 aromatic heterocycles. The first-order chi connectivity index (χ1) is 10.4. The standard InChI is InChI=1S/C18H26N2O2/c1-4-5-18(17(19)22)6-8-20(9-7-18)16(21)15-11-13(2)10-14(3)12-15/h10-12H,4-9H2,1-3H3,(H2,19,22). The molecule has 2 amide bonds. The summed E-state index contributed by atoms with van der Waals surface area (Å²) in [4.78, 5) is 26.3. The van der Waals surface area contributed by atoms with E-state index in [4.69, 9.17) is 5.73 Å². The van der Waals surface area contributed by atoms with Crippen molar-refractivity contribution >= 4 is 11.8 Å². The first-order valence-electron chi connectivity index (χ1n) is 8.05. The Balaban J connectivity index is 2.10. The van der Waals surface area contributed by atoms with E-state index in [1.807, 2.05) is 30.9 Å². The van der Waals surface area contributed by atoms with Crippen molar-refractivity contribution in [1.29, 1.82) is 0 Å². The molecule has 2 N–H and O–H groups in total. The molecule has 0 spiro atoms. The molecule has 1 heterocycles. The molecule has 1 aliphatic heterocycles. The highest BCUT2D eigenvalue weighted by Crippen LogP contribution is 2.36. The van der Waals surface area contributed by atoms with Crippen LogP contribution in [0, 0.1) is 19.3 Å². The van der Waals surface area contributed by atoms with Crippen LogP contribution < -0.4 is 5.73 Å². The van der Waals surface area contributed by atoms with Crippen molar-refractivity contribution in [2.75, 3.05) is 13.1 Å². The van der Waals surface area contributed by atoms with Crippen LogP contribution in [0.2, 0.25) is 0 Å². The van der Waals surface area contributed by atoms with Gasteiger partial charge in [0.2, 0.25) is 5.91 Å². The third kappa shape index (κ3) is 3.32. The lowest BCUT2D eigenvalue weighted by Crippen LogP contribution is -2.48. The minimum atomic E-state index is -0.423. The number of amides is 2. The molecule has 4 nitrogen and oxygen atoms in total. The molecule has 120 valence electrons. The van der Waals surface area contributed by atoms with Crippen LogP contribution in [0.3, 0.4) is 0 Å². The number of benzene rings is 1. The second-order valence-corrected chi connectivity index (χ2v) is 6.56. The average molecular weight is 302 g/mol. The fraction of sp³-hybridized carbons (Fsp3) is 0.556. The van der Waals surface area contributed by atoms with Crippen LogP contribution in [-0.4, -0.2) is 29.8 Å². The van der Waals surface area contributed by atoms with Crippen LogP contribution in [-0.2, 0) is 4.79 Å². The third-order valence-corrected chi connectivity index (χ3v) is 4.73. The van der Waals surface area contributed by atoms with E-state index >= 15 is 0 Å². The van der Waals surface area contributed by atoms with Gasteiger partial charge in [0.15, 0.2) is 0 Å². The normalized spacial score (nSPS) is 17.3. The number of aryl methyl sites for hydroxylation is 2. The lowest BCUT2D eigenvalue weighted by atomic mass is 9.74. The van der Waals surface area contributed by atoms with E-state index in [1.165, 1.54) is 0 Å². The van der Waals surface area contributed by atoms with Crippen molar-refractivity contribution in [3.8, 4) is 0 Å². The van der Waals surface area contributed by atoms with Gasteiger partial charge in [0.1, 0.15) is 0 Å². The third-order valence-electron chi connectivity index (χ3n) is 4.73. The summed E-state index contributed by atoms with van der Waals surface area (Å²) in [5, 5.41) is 0. The Kier molecular flexibility index (Phi) is 4.89. The topological polar surface area (TPSA) is 63.4 Å². The summed E-state index contributed by atoms with van der Waals surface area (Å²) in [5.41, 5.74) is 8.12. The van der Waals surface area contributed by atoms with Crippen LogP contribution in [0.5, 0.6) is 0 Å². The Morgan fingerprint density at radius 2 is 1.68 bits per heavy atom. The molecule has 22 heavy (non-hydrogen) atoms. The van der Waals surface area contributed by atoms with Crippen LogP contribution in [0.25, 0.3) is 0 Å². The summed E-state index contributed by atoms with van der Waals surface area (Å²) in [5.74, 6) is -0.158. The zero-order valence-electron chi connectivity index (χ0n) is 13.8. The molecule has 1 fully saturated rings. The Morgan fingerprint density at radius 1 is 1.14 bits per heavy atom. The van der Waals surface area contributed by atoms with Gasteiger partial charge >= 0.3 is 0 Å². The Bertz CT molecular complexity index is 552. The maximum Gasteiger partial charge on any atom is 0.253 e. The first kappa shape index (κ1) is 16.5. The van der Waals surface area contributed by atoms with E-state index in [-0.39, 0.29) is 11.8 Å². The molecular weight excluding hydrogens is 276 g/mol. The molecule has 0 unspecified atom stereocenters. The molecule has 0 atom stereocenters. The quantitative estimate of drug-likeness (QED) is 0.929. The number of hydrogen-bond donors (Lipinski definition) is 1. The zero-order chi connectivity index (χ0) is 16.3. The van der Waals surface area contributed by atoms with E-state index in [1.54, 1.807) is 0 Å². The minimum absolute atomic E-state index is 0.0568. The minimum Gasteiger partial charge on any atom is -0.369 e. The fourth-order valence-electron chi connectivity index (χ4n) is 3.52. The van der Waals surface area contributed by atoms with Gasteiger partial charge in [-0.2, -0.15) is 0 Å². The smallest absolute Gasteiger partial charge is 0.253 e. The van der Waals surface area contributed by atoms with Crippen LogP contribution in [0.4, 0.5) is 0 Å². The Hall–Kier alpha value is -1.84. The second-order valence-electron chi connectivity index (χ2n) is 6.56. The molecule has 1 saturated heterocycles. The van der Waals surface area contributed by atoms with Crippen molar-refractivity contribution in [2.24, 2.45) is 11.1 Å². The number of hydrogen-bond acceptors (Lipinski definition) is 2. The van der Waals surface area contributed by atoms with Crippen LogP contribution in [0.1, 0.15) is 54.1 Å². The molecule has 1 aromatic carbocycles. The number of nitrogens with two attached hydrogens (primary N) is 1. The number of rotatable bonds is 4. The first-order valence-corrected chi connectivity index (χ1v) is 8.05. The summed E-state index contributed by atoms with van der Waals surface area (Å²) in [6.07, 6.45) is 3.10. The molecule has 0 bridgehead atoms. The summed E-state index contributed by atoms with van der Waals surface area (Å²) >= 11 is 0. The summed E-state index contributed by atoms with van der Waals surface area (Å²) in [7, 11) is 0. The van der Waals surface area contributed by atoms with E-state index in [0.29, 0.717) is 25.9 Å². The summed E-state index contributed by atoms with van der Waals surface area (Å²) < 4.78 is 0. The van der Waals surface area contributed by atoms with Gasteiger partial charge in [-0.3, -0.25) is 9.59 Å². The Labute approximate surface area is 132 Å². The molecule has 0 saturated carbocycles. The predicted octanol–water partition coefficient (Wildman–Crippen LogP) is 2.81. The molecular formula is C18H26N2O2. The average Bonchev–Trinajstić information content (AvgIpc) is 2.46. The van der Waals surface area contributed by atoms with Gasteiger partial charge in [-0.25, -0.2) is 0 Å². The van der Waals surface area contributed by atoms with E-state index in [2.05, 4.69) is 13.0 Å². The number of primary amides is 1. The van der Waals surface area contributed by atoms with Gasteiger partial charge in [-0.15, -0.1) is 0 Å². The number of carbonyl (C=O) groups excluding carboxylic acids is 2. The van der Waals surface area contributed by atoms with Crippen LogP contribution >= 0.6 is 0 Å². The maximum atomic E-state index is 12.7. The zero-order valence-corrected chi connectivity index (χ0v) is 13.8.